The molecular weight excluding hydrogens is 270 g/mol. The first-order valence-electron chi connectivity index (χ1n) is 5.50. The normalized spacial score (nSPS) is 12.9. The number of rotatable bonds is 6. The van der Waals surface area contributed by atoms with Crippen LogP contribution in [0.25, 0.3) is 0 Å². The average molecular weight is 287 g/mol. The van der Waals surface area contributed by atoms with Crippen LogP contribution < -0.4 is 20.9 Å². The molecule has 0 spiro atoms. The minimum Gasteiger partial charge on any atom is -0.495 e. The zero-order valence-electron chi connectivity index (χ0n) is 10.7. The summed E-state index contributed by atoms with van der Waals surface area (Å²) in [4.78, 5) is 10.7. The molecule has 0 saturated heterocycles. The second kappa shape index (κ2) is 5.89. The molecule has 0 aromatic heterocycles. The van der Waals surface area contributed by atoms with E-state index in [1.54, 1.807) is 6.92 Å². The first-order valence-corrected chi connectivity index (χ1v) is 6.98. The standard InChI is InChI=1S/C11H17N3O4S/c1-7(5-11(13)15)14-19(16,17)8-3-4-9(12)10(6-8)18-2/h3-4,6-7,14H,5,12H2,1-2H3,(H2,13,15). The van der Waals surface area contributed by atoms with Crippen LogP contribution >= 0.6 is 0 Å². The third-order valence-electron chi connectivity index (χ3n) is 2.38. The van der Waals surface area contributed by atoms with E-state index in [2.05, 4.69) is 4.72 Å². The topological polar surface area (TPSA) is 125 Å². The van der Waals surface area contributed by atoms with Crippen LogP contribution in [0.2, 0.25) is 0 Å². The molecule has 1 rings (SSSR count). The highest BCUT2D eigenvalue weighted by atomic mass is 32.2. The van der Waals surface area contributed by atoms with Crippen LogP contribution in [-0.2, 0) is 14.8 Å². The first-order chi connectivity index (χ1) is 8.76. The van der Waals surface area contributed by atoms with Crippen LogP contribution in [-0.4, -0.2) is 27.5 Å². The minimum atomic E-state index is -3.75. The van der Waals surface area contributed by atoms with Gasteiger partial charge in [0.1, 0.15) is 5.75 Å². The summed E-state index contributed by atoms with van der Waals surface area (Å²) in [6, 6.07) is 3.52. The molecule has 1 aromatic rings. The van der Waals surface area contributed by atoms with E-state index in [4.69, 9.17) is 16.2 Å². The molecule has 0 aliphatic heterocycles. The molecule has 106 valence electrons. The predicted octanol–water partition coefficient (Wildman–Crippen LogP) is -0.180. The van der Waals surface area contributed by atoms with E-state index in [0.29, 0.717) is 5.69 Å². The molecule has 1 aromatic carbocycles. The van der Waals surface area contributed by atoms with E-state index in [-0.39, 0.29) is 17.1 Å². The highest BCUT2D eigenvalue weighted by molar-refractivity contribution is 7.89. The van der Waals surface area contributed by atoms with Crippen LogP contribution in [0, 0.1) is 0 Å². The summed E-state index contributed by atoms with van der Waals surface area (Å²) in [7, 11) is -2.35. The Labute approximate surface area is 112 Å². The number of sulfonamides is 1. The molecule has 1 unspecified atom stereocenters. The van der Waals surface area contributed by atoms with Gasteiger partial charge in [-0.25, -0.2) is 13.1 Å². The molecule has 5 N–H and O–H groups in total. The van der Waals surface area contributed by atoms with Crippen LogP contribution in [0.3, 0.4) is 0 Å². The van der Waals surface area contributed by atoms with Crippen LogP contribution in [0.4, 0.5) is 5.69 Å². The predicted molar refractivity (Wildman–Crippen MR) is 71.0 cm³/mol. The van der Waals surface area contributed by atoms with E-state index in [1.165, 1.54) is 25.3 Å². The third kappa shape index (κ3) is 4.11. The van der Waals surface area contributed by atoms with Crippen molar-refractivity contribution < 1.29 is 17.9 Å². The molecule has 0 heterocycles. The molecule has 0 aliphatic carbocycles. The number of nitrogens with one attached hydrogen (secondary N) is 1. The number of carbonyl (C=O) groups excluding carboxylic acids is 1. The highest BCUT2D eigenvalue weighted by Gasteiger charge is 2.19. The Morgan fingerprint density at radius 3 is 2.63 bits per heavy atom. The number of hydrogen-bond donors (Lipinski definition) is 3. The molecule has 19 heavy (non-hydrogen) atoms. The van der Waals surface area contributed by atoms with Gasteiger partial charge in [-0.3, -0.25) is 4.79 Å². The Balaban J connectivity index is 2.97. The summed E-state index contributed by atoms with van der Waals surface area (Å²) in [5.41, 5.74) is 11.0. The van der Waals surface area contributed by atoms with Gasteiger partial charge < -0.3 is 16.2 Å². The van der Waals surface area contributed by atoms with Crippen LogP contribution in [0.5, 0.6) is 5.75 Å². The SMILES string of the molecule is COc1cc(S(=O)(=O)NC(C)CC(N)=O)ccc1N. The lowest BCUT2D eigenvalue weighted by atomic mass is 10.2. The third-order valence-corrected chi connectivity index (χ3v) is 3.97. The number of benzene rings is 1. The Kier molecular flexibility index (Phi) is 4.73. The van der Waals surface area contributed by atoms with Crippen molar-refractivity contribution in [3.8, 4) is 5.75 Å². The fourth-order valence-corrected chi connectivity index (χ4v) is 2.79. The van der Waals surface area contributed by atoms with Gasteiger partial charge in [0.25, 0.3) is 0 Å². The van der Waals surface area contributed by atoms with E-state index < -0.39 is 22.0 Å². The molecule has 8 heteroatoms. The highest BCUT2D eigenvalue weighted by Crippen LogP contribution is 2.24. The monoisotopic (exact) mass is 287 g/mol. The van der Waals surface area contributed by atoms with Crippen molar-refractivity contribution in [2.24, 2.45) is 5.73 Å². The molecule has 0 radical (unpaired) electrons. The summed E-state index contributed by atoms with van der Waals surface area (Å²) in [6.07, 6.45) is -0.0780. The van der Waals surface area contributed by atoms with E-state index >= 15 is 0 Å². The average Bonchev–Trinajstić information content (AvgIpc) is 2.27. The number of anilines is 1. The molecule has 1 amide bonds. The van der Waals surface area contributed by atoms with Gasteiger partial charge in [0.05, 0.1) is 17.7 Å². The van der Waals surface area contributed by atoms with Gasteiger partial charge in [-0.1, -0.05) is 0 Å². The minimum absolute atomic E-state index is 0.00914. The number of carbonyl (C=O) groups is 1. The van der Waals surface area contributed by atoms with Crippen molar-refractivity contribution in [2.75, 3.05) is 12.8 Å². The van der Waals surface area contributed by atoms with Crippen LogP contribution in [0.1, 0.15) is 13.3 Å². The number of nitrogens with two attached hydrogens (primary N) is 2. The maximum atomic E-state index is 12.0. The smallest absolute Gasteiger partial charge is 0.240 e. The Hall–Kier alpha value is -1.80. The zero-order valence-corrected chi connectivity index (χ0v) is 11.5. The van der Waals surface area contributed by atoms with Crippen molar-refractivity contribution in [1.82, 2.24) is 4.72 Å². The van der Waals surface area contributed by atoms with Crippen molar-refractivity contribution in [3.63, 3.8) is 0 Å². The Bertz CT molecular complexity index is 571. The quantitative estimate of drug-likeness (QED) is 0.626. The fraction of sp³-hybridized carbons (Fsp3) is 0.364. The summed E-state index contributed by atoms with van der Waals surface area (Å²) < 4.78 is 31.4. The molecule has 0 bridgehead atoms. The van der Waals surface area contributed by atoms with Gasteiger partial charge in [0, 0.05) is 18.5 Å². The molecular formula is C11H17N3O4S. The number of hydrogen-bond acceptors (Lipinski definition) is 5. The summed E-state index contributed by atoms with van der Waals surface area (Å²) in [5, 5.41) is 0. The molecule has 1 atom stereocenters. The maximum absolute atomic E-state index is 12.0. The van der Waals surface area contributed by atoms with Gasteiger partial charge in [0.2, 0.25) is 15.9 Å². The number of ether oxygens (including phenoxy) is 1. The van der Waals surface area contributed by atoms with Crippen molar-refractivity contribution in [3.05, 3.63) is 18.2 Å². The first kappa shape index (κ1) is 15.3. The van der Waals surface area contributed by atoms with E-state index in [0.717, 1.165) is 0 Å². The van der Waals surface area contributed by atoms with Gasteiger partial charge in [-0.05, 0) is 19.1 Å². The summed E-state index contributed by atoms with van der Waals surface area (Å²) in [6.45, 7) is 1.55. The van der Waals surface area contributed by atoms with E-state index in [9.17, 15) is 13.2 Å². The molecule has 0 saturated carbocycles. The van der Waals surface area contributed by atoms with Crippen molar-refractivity contribution in [2.45, 2.75) is 24.3 Å². The van der Waals surface area contributed by atoms with Crippen molar-refractivity contribution >= 4 is 21.6 Å². The lowest BCUT2D eigenvalue weighted by Gasteiger charge is -2.13. The summed E-state index contributed by atoms with van der Waals surface area (Å²) >= 11 is 0. The van der Waals surface area contributed by atoms with Gasteiger partial charge in [-0.15, -0.1) is 0 Å². The summed E-state index contributed by atoms with van der Waals surface area (Å²) in [5.74, 6) is -0.310. The lowest BCUT2D eigenvalue weighted by Crippen LogP contribution is -2.35. The maximum Gasteiger partial charge on any atom is 0.240 e. The number of primary amides is 1. The number of methoxy groups -OCH3 is 1. The molecule has 7 nitrogen and oxygen atoms in total. The lowest BCUT2D eigenvalue weighted by molar-refractivity contribution is -0.118. The Morgan fingerprint density at radius 1 is 1.47 bits per heavy atom. The molecule has 0 aliphatic rings. The van der Waals surface area contributed by atoms with Gasteiger partial charge >= 0.3 is 0 Å². The number of nitrogen functional groups attached to an aromatic ring is 1. The van der Waals surface area contributed by atoms with Gasteiger partial charge in [0.15, 0.2) is 0 Å². The zero-order chi connectivity index (χ0) is 14.6. The van der Waals surface area contributed by atoms with E-state index in [1.807, 2.05) is 0 Å². The fourth-order valence-electron chi connectivity index (χ4n) is 1.53. The Morgan fingerprint density at radius 2 is 2.11 bits per heavy atom. The second-order valence-electron chi connectivity index (χ2n) is 4.10. The largest absolute Gasteiger partial charge is 0.495 e. The second-order valence-corrected chi connectivity index (χ2v) is 5.81. The van der Waals surface area contributed by atoms with Gasteiger partial charge in [-0.2, -0.15) is 0 Å². The molecule has 0 fully saturated rings. The van der Waals surface area contributed by atoms with Crippen molar-refractivity contribution in [1.29, 1.82) is 0 Å². The number of amides is 1. The van der Waals surface area contributed by atoms with Crippen LogP contribution in [0.15, 0.2) is 23.1 Å².